The van der Waals surface area contributed by atoms with E-state index in [9.17, 15) is 0 Å². The maximum absolute atomic E-state index is 5.80. The molecule has 1 atom stereocenters. The van der Waals surface area contributed by atoms with Crippen molar-refractivity contribution in [1.82, 2.24) is 14.8 Å². The molecule has 0 N–H and O–H groups in total. The van der Waals surface area contributed by atoms with Crippen LogP contribution >= 0.6 is 23.2 Å². The van der Waals surface area contributed by atoms with Crippen molar-refractivity contribution in [3.8, 4) is 0 Å². The van der Waals surface area contributed by atoms with Crippen LogP contribution in [0.4, 0.5) is 0 Å². The predicted octanol–water partition coefficient (Wildman–Crippen LogP) is 2.45. The van der Waals surface area contributed by atoms with E-state index in [2.05, 4.69) is 10.1 Å². The first-order chi connectivity index (χ1) is 7.35. The first-order valence-corrected chi connectivity index (χ1v) is 6.10. The monoisotopic (exact) mass is 249 g/mol. The van der Waals surface area contributed by atoms with E-state index in [0.717, 1.165) is 31.7 Å². The van der Waals surface area contributed by atoms with Gasteiger partial charge in [0.2, 0.25) is 0 Å². The van der Waals surface area contributed by atoms with Crippen LogP contribution in [0.3, 0.4) is 0 Å². The summed E-state index contributed by atoms with van der Waals surface area (Å²) >= 11 is 11.5. The fourth-order valence-electron chi connectivity index (χ4n) is 1.70. The smallest absolute Gasteiger partial charge is 0.165 e. The zero-order valence-corrected chi connectivity index (χ0v) is 9.84. The molecule has 1 aliphatic rings. The van der Waals surface area contributed by atoms with Crippen molar-refractivity contribution in [2.45, 2.75) is 37.3 Å². The van der Waals surface area contributed by atoms with Gasteiger partial charge in [0.1, 0.15) is 5.82 Å². The van der Waals surface area contributed by atoms with Gasteiger partial charge in [-0.1, -0.05) is 0 Å². The molecule has 0 aromatic carbocycles. The van der Waals surface area contributed by atoms with E-state index in [-0.39, 0.29) is 6.23 Å². The lowest BCUT2D eigenvalue weighted by atomic mass is 10.2. The van der Waals surface area contributed by atoms with Gasteiger partial charge in [-0.05, 0) is 19.3 Å². The first kappa shape index (κ1) is 11.2. The summed E-state index contributed by atoms with van der Waals surface area (Å²) in [6.45, 7) is 0.780. The van der Waals surface area contributed by atoms with Crippen LogP contribution in [0.2, 0.25) is 0 Å². The lowest BCUT2D eigenvalue weighted by Crippen LogP contribution is -2.20. The van der Waals surface area contributed by atoms with Gasteiger partial charge < -0.3 is 4.74 Å². The van der Waals surface area contributed by atoms with Crippen LogP contribution in [0.5, 0.6) is 0 Å². The number of halogens is 2. The second-order valence-electron chi connectivity index (χ2n) is 3.48. The Morgan fingerprint density at radius 2 is 2.20 bits per heavy atom. The fraction of sp³-hybridized carbons (Fsp3) is 0.778. The third-order valence-electron chi connectivity index (χ3n) is 2.41. The van der Waals surface area contributed by atoms with Gasteiger partial charge in [0.15, 0.2) is 12.1 Å². The Morgan fingerprint density at radius 1 is 1.33 bits per heavy atom. The van der Waals surface area contributed by atoms with Crippen LogP contribution in [0.25, 0.3) is 0 Å². The fourth-order valence-corrected chi connectivity index (χ4v) is 2.00. The van der Waals surface area contributed by atoms with Gasteiger partial charge >= 0.3 is 0 Å². The molecule has 2 rings (SSSR count). The van der Waals surface area contributed by atoms with E-state index in [1.807, 2.05) is 0 Å². The Hall–Kier alpha value is -0.320. The molecule has 6 heteroatoms. The summed E-state index contributed by atoms with van der Waals surface area (Å²) in [7, 11) is 0. The van der Waals surface area contributed by atoms with Crippen LogP contribution in [0, 0.1) is 0 Å². The van der Waals surface area contributed by atoms with Crippen molar-refractivity contribution < 1.29 is 4.74 Å². The van der Waals surface area contributed by atoms with Crippen LogP contribution in [-0.2, 0) is 16.5 Å². The highest BCUT2D eigenvalue weighted by Gasteiger charge is 2.20. The first-order valence-electron chi connectivity index (χ1n) is 5.03. The molecule has 1 unspecified atom stereocenters. The quantitative estimate of drug-likeness (QED) is 0.773. The number of ether oxygens (including phenoxy) is 1. The van der Waals surface area contributed by atoms with E-state index in [1.54, 1.807) is 4.68 Å². The highest BCUT2D eigenvalue weighted by atomic mass is 35.5. The Morgan fingerprint density at radius 3 is 2.80 bits per heavy atom. The molecular weight excluding hydrogens is 237 g/mol. The van der Waals surface area contributed by atoms with Crippen LogP contribution < -0.4 is 0 Å². The molecule has 84 valence electrons. The van der Waals surface area contributed by atoms with Crippen molar-refractivity contribution in [1.29, 1.82) is 0 Å². The van der Waals surface area contributed by atoms with Crippen molar-refractivity contribution in [2.24, 2.45) is 0 Å². The molecule has 0 bridgehead atoms. The molecular formula is C9H13Cl2N3O. The Bertz CT molecular complexity index is 323. The molecule has 4 nitrogen and oxygen atoms in total. The molecule has 0 radical (unpaired) electrons. The topological polar surface area (TPSA) is 39.9 Å². The summed E-state index contributed by atoms with van der Waals surface area (Å²) in [6, 6.07) is 0. The van der Waals surface area contributed by atoms with Gasteiger partial charge in [-0.15, -0.1) is 23.2 Å². The number of alkyl halides is 2. The zero-order valence-electron chi connectivity index (χ0n) is 8.33. The summed E-state index contributed by atoms with van der Waals surface area (Å²) in [5, 5.41) is 4.29. The van der Waals surface area contributed by atoms with Gasteiger partial charge in [0.05, 0.1) is 11.8 Å². The van der Waals surface area contributed by atoms with Crippen LogP contribution in [-0.4, -0.2) is 21.4 Å². The van der Waals surface area contributed by atoms with E-state index >= 15 is 0 Å². The molecule has 0 aliphatic carbocycles. The van der Waals surface area contributed by atoms with E-state index in [0.29, 0.717) is 17.6 Å². The van der Waals surface area contributed by atoms with Crippen molar-refractivity contribution >= 4 is 23.2 Å². The number of rotatable bonds is 3. The minimum Gasteiger partial charge on any atom is -0.356 e. The van der Waals surface area contributed by atoms with Gasteiger partial charge in [-0.25, -0.2) is 9.67 Å². The normalized spacial score (nSPS) is 21.9. The standard InChI is InChI=1S/C9H13Cl2N3O/c10-5-7-12-8(6-11)14(13-7)9-3-1-2-4-15-9/h9H,1-6H2. The number of hydrogen-bond donors (Lipinski definition) is 0. The number of nitrogens with zero attached hydrogens (tertiary/aromatic N) is 3. The lowest BCUT2D eigenvalue weighted by Gasteiger charge is -2.23. The van der Waals surface area contributed by atoms with E-state index in [4.69, 9.17) is 27.9 Å². The Kier molecular flexibility index (Phi) is 3.83. The molecule has 0 amide bonds. The molecule has 1 saturated heterocycles. The van der Waals surface area contributed by atoms with Gasteiger partial charge in [0.25, 0.3) is 0 Å². The predicted molar refractivity (Wildman–Crippen MR) is 58.0 cm³/mol. The Labute approximate surface area is 98.5 Å². The minimum atomic E-state index is -0.0167. The average Bonchev–Trinajstić information content (AvgIpc) is 2.73. The third-order valence-corrected chi connectivity index (χ3v) is 2.89. The van der Waals surface area contributed by atoms with Crippen LogP contribution in [0.1, 0.15) is 37.1 Å². The summed E-state index contributed by atoms with van der Waals surface area (Å²) < 4.78 is 7.39. The summed E-state index contributed by atoms with van der Waals surface area (Å²) in [5.41, 5.74) is 0. The van der Waals surface area contributed by atoms with E-state index in [1.165, 1.54) is 0 Å². The Balaban J connectivity index is 2.20. The summed E-state index contributed by atoms with van der Waals surface area (Å²) in [6.07, 6.45) is 3.22. The van der Waals surface area contributed by atoms with Gasteiger partial charge in [0, 0.05) is 6.61 Å². The number of aromatic nitrogens is 3. The largest absolute Gasteiger partial charge is 0.356 e. The SMILES string of the molecule is ClCc1nc(CCl)n(C2CCCCO2)n1. The molecule has 1 aromatic heterocycles. The highest BCUT2D eigenvalue weighted by Crippen LogP contribution is 2.23. The highest BCUT2D eigenvalue weighted by molar-refractivity contribution is 6.17. The molecule has 2 heterocycles. The number of hydrogen-bond acceptors (Lipinski definition) is 3. The molecule has 0 saturated carbocycles. The molecule has 1 aliphatic heterocycles. The molecule has 0 spiro atoms. The summed E-state index contributed by atoms with van der Waals surface area (Å²) in [5.74, 6) is 1.99. The van der Waals surface area contributed by atoms with Crippen molar-refractivity contribution in [3.63, 3.8) is 0 Å². The second kappa shape index (κ2) is 5.14. The zero-order chi connectivity index (χ0) is 10.7. The van der Waals surface area contributed by atoms with Crippen molar-refractivity contribution in [2.75, 3.05) is 6.61 Å². The summed E-state index contributed by atoms with van der Waals surface area (Å²) in [4.78, 5) is 4.23. The third kappa shape index (κ3) is 2.44. The van der Waals surface area contributed by atoms with E-state index < -0.39 is 0 Å². The molecule has 15 heavy (non-hydrogen) atoms. The molecule has 1 fully saturated rings. The maximum atomic E-state index is 5.80. The van der Waals surface area contributed by atoms with Crippen LogP contribution in [0.15, 0.2) is 0 Å². The second-order valence-corrected chi connectivity index (χ2v) is 4.01. The maximum Gasteiger partial charge on any atom is 0.165 e. The minimum absolute atomic E-state index is 0.0167. The van der Waals surface area contributed by atoms with Gasteiger partial charge in [-0.2, -0.15) is 5.10 Å². The average molecular weight is 250 g/mol. The van der Waals surface area contributed by atoms with Crippen molar-refractivity contribution in [3.05, 3.63) is 11.6 Å². The van der Waals surface area contributed by atoms with Gasteiger partial charge in [-0.3, -0.25) is 0 Å². The molecule has 1 aromatic rings. The lowest BCUT2D eigenvalue weighted by molar-refractivity contribution is -0.0411.